The minimum atomic E-state index is -0.649. The highest BCUT2D eigenvalue weighted by Gasteiger charge is 2.42. The minimum absolute atomic E-state index is 0.0636. The Labute approximate surface area is 380 Å². The summed E-state index contributed by atoms with van der Waals surface area (Å²) in [5, 5.41) is 8.56. The number of ether oxygens (including phenoxy) is 3. The van der Waals surface area contributed by atoms with E-state index in [2.05, 4.69) is 42.6 Å². The number of hydrogen-bond acceptors (Lipinski definition) is 13. The fourth-order valence-corrected chi connectivity index (χ4v) is 8.96. The molecule has 4 aliphatic rings. The van der Waals surface area contributed by atoms with Crippen molar-refractivity contribution in [3.63, 3.8) is 0 Å². The van der Waals surface area contributed by atoms with Gasteiger partial charge in [-0.2, -0.15) is 4.98 Å². The van der Waals surface area contributed by atoms with E-state index in [1.165, 1.54) is 0 Å². The van der Waals surface area contributed by atoms with Crippen molar-refractivity contribution in [2.24, 2.45) is 0 Å². The standard InChI is InChI=1S/C48H61N9O8/c1-5-38-47(62)55(3)40-30-50-48(53-43(40)57(38)34-15-6-7-16-34)51-37-19-18-33(29-41(37)63-4)44(59)49-22-11-25-64-27-28-65-26-12-24-54(2)23-9-8-13-32-14-10-17-35-36(32)31-56(46(35)61)39-20-21-42(58)52-45(39)60/h10,14,17-19,29-30,34,38-39H,5-7,9,11-12,15-16,20-28,31H2,1-4H3,(H,49,59)(H,50,51,53)(H,52,58,60)/t38-,39?/m1/s1. The van der Waals surface area contributed by atoms with Crippen LogP contribution < -0.4 is 30.5 Å². The lowest BCUT2D eigenvalue weighted by Gasteiger charge is -2.43. The van der Waals surface area contributed by atoms with Crippen molar-refractivity contribution in [3.8, 4) is 17.6 Å². The maximum atomic E-state index is 13.3. The molecule has 1 unspecified atom stereocenters. The second-order valence-electron chi connectivity index (χ2n) is 16.9. The zero-order valence-corrected chi connectivity index (χ0v) is 38.0. The van der Waals surface area contributed by atoms with Gasteiger partial charge in [0.05, 0.1) is 32.2 Å². The molecule has 2 atom stereocenters. The number of imide groups is 1. The van der Waals surface area contributed by atoms with Crippen LogP contribution in [-0.4, -0.2) is 135 Å². The summed E-state index contributed by atoms with van der Waals surface area (Å²) in [5.74, 6) is 6.98. The summed E-state index contributed by atoms with van der Waals surface area (Å²) in [5.41, 5.74) is 3.95. The van der Waals surface area contributed by atoms with E-state index in [9.17, 15) is 24.0 Å². The third-order valence-electron chi connectivity index (χ3n) is 12.5. The zero-order chi connectivity index (χ0) is 45.9. The summed E-state index contributed by atoms with van der Waals surface area (Å²) in [6.45, 7) is 6.48. The number of amides is 5. The van der Waals surface area contributed by atoms with Gasteiger partial charge >= 0.3 is 0 Å². The Hall–Kier alpha value is -6.09. The van der Waals surface area contributed by atoms with E-state index in [4.69, 9.17) is 19.2 Å². The Balaban J connectivity index is 0.755. The second-order valence-corrected chi connectivity index (χ2v) is 16.9. The first-order valence-electron chi connectivity index (χ1n) is 22.8. The number of aromatic nitrogens is 2. The van der Waals surface area contributed by atoms with Crippen molar-refractivity contribution in [2.75, 3.05) is 82.4 Å². The highest BCUT2D eigenvalue weighted by atomic mass is 16.5. The number of nitrogens with one attached hydrogen (secondary N) is 3. The number of methoxy groups -OCH3 is 1. The fraction of sp³-hybridized carbons (Fsp3) is 0.521. The molecule has 17 heteroatoms. The third-order valence-corrected chi connectivity index (χ3v) is 12.5. The molecular formula is C48H61N9O8. The van der Waals surface area contributed by atoms with Gasteiger partial charge in [-0.05, 0) is 81.5 Å². The van der Waals surface area contributed by atoms with Crippen LogP contribution in [0.3, 0.4) is 0 Å². The first-order valence-corrected chi connectivity index (χ1v) is 22.8. The lowest BCUT2D eigenvalue weighted by atomic mass is 10.0. The van der Waals surface area contributed by atoms with Crippen LogP contribution in [0.25, 0.3) is 0 Å². The maximum absolute atomic E-state index is 13.3. The number of hydrogen-bond donors (Lipinski definition) is 3. The highest BCUT2D eigenvalue weighted by Crippen LogP contribution is 2.40. The topological polar surface area (TPSA) is 188 Å². The van der Waals surface area contributed by atoms with Gasteiger partial charge in [0, 0.05) is 82.0 Å². The third kappa shape index (κ3) is 11.2. The lowest BCUT2D eigenvalue weighted by Crippen LogP contribution is -2.55. The summed E-state index contributed by atoms with van der Waals surface area (Å²) in [6, 6.07) is 10.0. The molecule has 7 rings (SSSR count). The number of carbonyl (C=O) groups excluding carboxylic acids is 5. The molecule has 1 aromatic heterocycles. The molecule has 5 amide bonds. The van der Waals surface area contributed by atoms with Gasteiger partial charge in [0.1, 0.15) is 23.5 Å². The Morgan fingerprint density at radius 2 is 1.78 bits per heavy atom. The van der Waals surface area contributed by atoms with Crippen molar-refractivity contribution >= 4 is 52.7 Å². The zero-order valence-electron chi connectivity index (χ0n) is 38.0. The largest absolute Gasteiger partial charge is 0.495 e. The summed E-state index contributed by atoms with van der Waals surface area (Å²) in [6.07, 6.45) is 9.45. The normalized spacial score (nSPS) is 18.4. The van der Waals surface area contributed by atoms with Crippen LogP contribution in [0.1, 0.15) is 103 Å². The van der Waals surface area contributed by atoms with E-state index in [1.807, 2.05) is 26.1 Å². The van der Waals surface area contributed by atoms with Crippen LogP contribution in [0.5, 0.6) is 5.75 Å². The van der Waals surface area contributed by atoms with Crippen LogP contribution in [0.2, 0.25) is 0 Å². The number of likely N-dealkylation sites (N-methyl/N-ethyl adjacent to an activating group) is 1. The fourth-order valence-electron chi connectivity index (χ4n) is 8.96. The quantitative estimate of drug-likeness (QED) is 0.0824. The Morgan fingerprint density at radius 1 is 1.00 bits per heavy atom. The molecule has 1 saturated carbocycles. The molecule has 1 saturated heterocycles. The molecule has 3 N–H and O–H groups in total. The molecule has 3 aromatic rings. The van der Waals surface area contributed by atoms with Crippen LogP contribution >= 0.6 is 0 Å². The van der Waals surface area contributed by atoms with Gasteiger partial charge in [-0.15, -0.1) is 0 Å². The minimum Gasteiger partial charge on any atom is -0.495 e. The van der Waals surface area contributed by atoms with Gasteiger partial charge in [0.15, 0.2) is 5.82 Å². The smallest absolute Gasteiger partial charge is 0.255 e. The van der Waals surface area contributed by atoms with Crippen molar-refractivity contribution in [1.29, 1.82) is 0 Å². The van der Waals surface area contributed by atoms with Crippen molar-refractivity contribution in [3.05, 3.63) is 64.8 Å². The van der Waals surface area contributed by atoms with Crippen LogP contribution in [0.4, 0.5) is 23.1 Å². The number of rotatable bonds is 20. The number of anilines is 4. The predicted octanol–water partition coefficient (Wildman–Crippen LogP) is 4.41. The van der Waals surface area contributed by atoms with E-state index in [-0.39, 0.29) is 42.1 Å². The Morgan fingerprint density at radius 3 is 2.54 bits per heavy atom. The molecule has 346 valence electrons. The number of benzene rings is 2. The number of nitrogens with zero attached hydrogens (tertiary/aromatic N) is 6. The summed E-state index contributed by atoms with van der Waals surface area (Å²) in [4.78, 5) is 80.4. The molecule has 4 heterocycles. The van der Waals surface area contributed by atoms with Gasteiger partial charge in [0.25, 0.3) is 11.8 Å². The van der Waals surface area contributed by atoms with Crippen LogP contribution in [0.15, 0.2) is 42.6 Å². The first kappa shape index (κ1) is 46.9. The Bertz CT molecular complexity index is 2290. The molecule has 2 fully saturated rings. The molecule has 0 radical (unpaired) electrons. The van der Waals surface area contributed by atoms with Gasteiger partial charge in [0.2, 0.25) is 23.7 Å². The molecule has 2 aromatic carbocycles. The molecule has 0 spiro atoms. The number of piperidine rings is 1. The summed E-state index contributed by atoms with van der Waals surface area (Å²) in [7, 11) is 5.38. The average molecular weight is 892 g/mol. The Kier molecular flexibility index (Phi) is 16.0. The van der Waals surface area contributed by atoms with E-state index >= 15 is 0 Å². The van der Waals surface area contributed by atoms with Crippen molar-refractivity contribution in [2.45, 2.75) is 95.8 Å². The molecule has 17 nitrogen and oxygen atoms in total. The van der Waals surface area contributed by atoms with Crippen LogP contribution in [-0.2, 0) is 30.4 Å². The predicted molar refractivity (Wildman–Crippen MR) is 245 cm³/mol. The lowest BCUT2D eigenvalue weighted by molar-refractivity contribution is -0.137. The second kappa shape index (κ2) is 22.2. The summed E-state index contributed by atoms with van der Waals surface area (Å²) >= 11 is 0. The number of fused-ring (bicyclic) bond motifs is 2. The van der Waals surface area contributed by atoms with Gasteiger partial charge < -0.3 is 44.4 Å². The van der Waals surface area contributed by atoms with Gasteiger partial charge in [-0.1, -0.05) is 37.7 Å². The first-order chi connectivity index (χ1) is 31.6. The van der Waals surface area contributed by atoms with E-state index in [0.29, 0.717) is 99.4 Å². The molecule has 0 bridgehead atoms. The van der Waals surface area contributed by atoms with E-state index < -0.39 is 11.9 Å². The van der Waals surface area contributed by atoms with Gasteiger partial charge in [-0.3, -0.25) is 29.3 Å². The van der Waals surface area contributed by atoms with Crippen LogP contribution in [0, 0.1) is 11.8 Å². The van der Waals surface area contributed by atoms with Crippen molar-refractivity contribution in [1.82, 2.24) is 30.4 Å². The maximum Gasteiger partial charge on any atom is 0.255 e. The monoisotopic (exact) mass is 891 g/mol. The number of carbonyl (C=O) groups is 5. The SMILES string of the molecule is CC[C@@H]1C(=O)N(C)c2cnc(Nc3ccc(C(=O)NCCCOCCOCCCN(C)CCC#Cc4cccc5c4CN(C4CCC(=O)NC4=O)C5=O)cc3OC)nc2N1C1CCCC1. The van der Waals surface area contributed by atoms with E-state index in [1.54, 1.807) is 54.4 Å². The van der Waals surface area contributed by atoms with Gasteiger partial charge in [-0.25, -0.2) is 4.98 Å². The molecule has 3 aliphatic heterocycles. The molecule has 65 heavy (non-hydrogen) atoms. The molecular weight excluding hydrogens is 831 g/mol. The molecule has 1 aliphatic carbocycles. The highest BCUT2D eigenvalue weighted by molar-refractivity contribution is 6.06. The average Bonchev–Trinajstić information content (AvgIpc) is 3.96. The van der Waals surface area contributed by atoms with E-state index in [0.717, 1.165) is 62.1 Å². The van der Waals surface area contributed by atoms with Crippen molar-refractivity contribution < 1.29 is 38.2 Å². The summed E-state index contributed by atoms with van der Waals surface area (Å²) < 4.78 is 17.1.